The molecule has 3 N–H and O–H groups in total. The second-order valence-corrected chi connectivity index (χ2v) is 5.80. The summed E-state index contributed by atoms with van der Waals surface area (Å²) in [6.07, 6.45) is 1.30. The first-order valence-electron chi connectivity index (χ1n) is 6.31. The van der Waals surface area contributed by atoms with Crippen LogP contribution in [-0.4, -0.2) is 16.1 Å². The SMILES string of the molecule is N#CC(=Cc1cc(O)c(O)c(Br)c1)C(=O)Nc1cccc(Cl)c1. The number of nitrogens with zero attached hydrogens (tertiary/aromatic N) is 1. The van der Waals surface area contributed by atoms with E-state index < -0.39 is 5.91 Å². The highest BCUT2D eigenvalue weighted by molar-refractivity contribution is 9.10. The largest absolute Gasteiger partial charge is 0.504 e. The Balaban J connectivity index is 2.28. The van der Waals surface area contributed by atoms with Crippen LogP contribution < -0.4 is 5.32 Å². The maximum atomic E-state index is 12.1. The molecular formula is C16H10BrClN2O3. The summed E-state index contributed by atoms with van der Waals surface area (Å²) in [7, 11) is 0. The van der Waals surface area contributed by atoms with E-state index in [0.717, 1.165) is 0 Å². The van der Waals surface area contributed by atoms with E-state index in [0.29, 0.717) is 16.3 Å². The third-order valence-corrected chi connectivity index (χ3v) is 3.66. The highest BCUT2D eigenvalue weighted by Gasteiger charge is 2.12. The van der Waals surface area contributed by atoms with Crippen LogP contribution in [0.25, 0.3) is 6.08 Å². The van der Waals surface area contributed by atoms with Gasteiger partial charge in [-0.25, -0.2) is 0 Å². The van der Waals surface area contributed by atoms with Crippen LogP contribution in [0, 0.1) is 11.3 Å². The van der Waals surface area contributed by atoms with E-state index in [1.807, 2.05) is 0 Å². The van der Waals surface area contributed by atoms with Gasteiger partial charge in [0.15, 0.2) is 11.5 Å². The number of rotatable bonds is 3. The van der Waals surface area contributed by atoms with Gasteiger partial charge in [-0.05, 0) is 57.9 Å². The Morgan fingerprint density at radius 2 is 2.04 bits per heavy atom. The zero-order valence-electron chi connectivity index (χ0n) is 11.5. The minimum atomic E-state index is -0.613. The molecule has 0 aliphatic carbocycles. The van der Waals surface area contributed by atoms with Crippen LogP contribution in [0.3, 0.4) is 0 Å². The Morgan fingerprint density at radius 1 is 1.30 bits per heavy atom. The Labute approximate surface area is 145 Å². The van der Waals surface area contributed by atoms with Crippen LogP contribution in [0.15, 0.2) is 46.4 Å². The minimum Gasteiger partial charge on any atom is -0.504 e. The molecule has 0 saturated carbocycles. The average Bonchev–Trinajstić information content (AvgIpc) is 2.50. The number of phenolic OH excluding ortho intramolecular Hbond substituents is 2. The molecule has 0 radical (unpaired) electrons. The van der Waals surface area contributed by atoms with E-state index in [1.165, 1.54) is 18.2 Å². The maximum Gasteiger partial charge on any atom is 0.266 e. The van der Waals surface area contributed by atoms with E-state index in [4.69, 9.17) is 16.9 Å². The van der Waals surface area contributed by atoms with Crippen LogP contribution in [0.5, 0.6) is 11.5 Å². The fraction of sp³-hybridized carbons (Fsp3) is 0. The monoisotopic (exact) mass is 392 g/mol. The van der Waals surface area contributed by atoms with Crippen molar-refractivity contribution in [2.24, 2.45) is 0 Å². The summed E-state index contributed by atoms with van der Waals surface area (Å²) < 4.78 is 0.247. The predicted molar refractivity (Wildman–Crippen MR) is 91.1 cm³/mol. The molecule has 0 atom stereocenters. The lowest BCUT2D eigenvalue weighted by atomic mass is 10.1. The average molecular weight is 394 g/mol. The van der Waals surface area contributed by atoms with Gasteiger partial charge in [-0.1, -0.05) is 17.7 Å². The van der Waals surface area contributed by atoms with Crippen LogP contribution in [0.1, 0.15) is 5.56 Å². The van der Waals surface area contributed by atoms with Gasteiger partial charge in [0.1, 0.15) is 11.6 Å². The second kappa shape index (κ2) is 7.18. The topological polar surface area (TPSA) is 93.3 Å². The summed E-state index contributed by atoms with van der Waals surface area (Å²) in [5, 5.41) is 31.2. The summed E-state index contributed by atoms with van der Waals surface area (Å²) in [6, 6.07) is 11.0. The molecule has 0 aliphatic rings. The molecule has 0 heterocycles. The van der Waals surface area contributed by atoms with Crippen molar-refractivity contribution in [3.8, 4) is 17.6 Å². The van der Waals surface area contributed by atoms with Crippen LogP contribution in [-0.2, 0) is 4.79 Å². The molecule has 0 unspecified atom stereocenters. The predicted octanol–water partition coefficient (Wildman–Crippen LogP) is 4.06. The summed E-state index contributed by atoms with van der Waals surface area (Å²) in [4.78, 5) is 12.1. The molecule has 2 aromatic carbocycles. The summed E-state index contributed by atoms with van der Waals surface area (Å²) in [5.41, 5.74) is 0.672. The Bertz CT molecular complexity index is 820. The molecular weight excluding hydrogens is 384 g/mol. The number of carbonyl (C=O) groups excluding carboxylic acids is 1. The van der Waals surface area contributed by atoms with E-state index in [9.17, 15) is 15.0 Å². The first-order chi connectivity index (χ1) is 10.9. The van der Waals surface area contributed by atoms with Crippen molar-refractivity contribution in [3.63, 3.8) is 0 Å². The standard InChI is InChI=1S/C16H10BrClN2O3/c17-13-5-9(6-14(21)15(13)22)4-10(8-19)16(23)20-12-3-1-2-11(18)7-12/h1-7,21-22H,(H,20,23). The molecule has 0 saturated heterocycles. The number of hydrogen-bond acceptors (Lipinski definition) is 4. The third-order valence-electron chi connectivity index (χ3n) is 2.82. The van der Waals surface area contributed by atoms with Crippen molar-refractivity contribution in [2.45, 2.75) is 0 Å². The van der Waals surface area contributed by atoms with Crippen LogP contribution in [0.4, 0.5) is 5.69 Å². The number of phenols is 2. The van der Waals surface area contributed by atoms with Gasteiger partial charge in [-0.15, -0.1) is 0 Å². The number of hydrogen-bond donors (Lipinski definition) is 3. The molecule has 23 heavy (non-hydrogen) atoms. The van der Waals surface area contributed by atoms with Gasteiger partial charge < -0.3 is 15.5 Å². The van der Waals surface area contributed by atoms with E-state index in [2.05, 4.69) is 21.2 Å². The molecule has 0 aliphatic heterocycles. The number of carbonyl (C=O) groups is 1. The quantitative estimate of drug-likeness (QED) is 0.416. The molecule has 0 spiro atoms. The number of aromatic hydroxyl groups is 2. The zero-order chi connectivity index (χ0) is 17.0. The number of halogens is 2. The van der Waals surface area contributed by atoms with Gasteiger partial charge in [0.2, 0.25) is 0 Å². The molecule has 1 amide bonds. The lowest BCUT2D eigenvalue weighted by Gasteiger charge is -2.06. The molecule has 0 fully saturated rings. The van der Waals surface area contributed by atoms with Crippen LogP contribution in [0.2, 0.25) is 5.02 Å². The van der Waals surface area contributed by atoms with E-state index in [1.54, 1.807) is 30.3 Å². The highest BCUT2D eigenvalue weighted by Crippen LogP contribution is 2.34. The van der Waals surface area contributed by atoms with Crippen molar-refractivity contribution in [3.05, 3.63) is 57.0 Å². The minimum absolute atomic E-state index is 0.165. The number of amides is 1. The first kappa shape index (κ1) is 16.9. The third kappa shape index (κ3) is 4.25. The lowest BCUT2D eigenvalue weighted by molar-refractivity contribution is -0.112. The number of anilines is 1. The Morgan fingerprint density at radius 3 is 2.65 bits per heavy atom. The molecule has 0 bridgehead atoms. The molecule has 2 aromatic rings. The van der Waals surface area contributed by atoms with Gasteiger partial charge in [0.05, 0.1) is 4.47 Å². The molecule has 116 valence electrons. The fourth-order valence-corrected chi connectivity index (χ4v) is 2.43. The van der Waals surface area contributed by atoms with Crippen molar-refractivity contribution in [2.75, 3.05) is 5.32 Å². The highest BCUT2D eigenvalue weighted by atomic mass is 79.9. The zero-order valence-corrected chi connectivity index (χ0v) is 13.9. The molecule has 2 rings (SSSR count). The van der Waals surface area contributed by atoms with Gasteiger partial charge in [-0.3, -0.25) is 4.79 Å². The van der Waals surface area contributed by atoms with Crippen molar-refractivity contribution in [1.29, 1.82) is 5.26 Å². The lowest BCUT2D eigenvalue weighted by Crippen LogP contribution is -2.13. The second-order valence-electron chi connectivity index (χ2n) is 4.50. The maximum absolute atomic E-state index is 12.1. The van der Waals surface area contributed by atoms with Gasteiger partial charge in [0.25, 0.3) is 5.91 Å². The normalized spacial score (nSPS) is 10.9. The smallest absolute Gasteiger partial charge is 0.266 e. The van der Waals surface area contributed by atoms with E-state index >= 15 is 0 Å². The summed E-state index contributed by atoms with van der Waals surface area (Å²) >= 11 is 8.90. The van der Waals surface area contributed by atoms with Gasteiger partial charge in [-0.2, -0.15) is 5.26 Å². The fourth-order valence-electron chi connectivity index (χ4n) is 1.77. The first-order valence-corrected chi connectivity index (χ1v) is 7.48. The van der Waals surface area contributed by atoms with Gasteiger partial charge in [0, 0.05) is 10.7 Å². The number of nitrogens with one attached hydrogen (secondary N) is 1. The number of benzene rings is 2. The Hall–Kier alpha value is -2.49. The van der Waals surface area contributed by atoms with Gasteiger partial charge >= 0.3 is 0 Å². The van der Waals surface area contributed by atoms with Crippen molar-refractivity contribution < 1.29 is 15.0 Å². The van der Waals surface area contributed by atoms with Crippen molar-refractivity contribution >= 4 is 45.2 Å². The van der Waals surface area contributed by atoms with E-state index in [-0.39, 0.29) is 21.5 Å². The van der Waals surface area contributed by atoms with Crippen LogP contribution >= 0.6 is 27.5 Å². The molecule has 0 aromatic heterocycles. The summed E-state index contributed by atoms with van der Waals surface area (Å²) in [5.74, 6) is -1.29. The Kier molecular flexibility index (Phi) is 5.27. The van der Waals surface area contributed by atoms with Crippen molar-refractivity contribution in [1.82, 2.24) is 0 Å². The number of nitriles is 1. The summed E-state index contributed by atoms with van der Waals surface area (Å²) in [6.45, 7) is 0. The molecule has 7 heteroatoms. The molecule has 5 nitrogen and oxygen atoms in total.